The Morgan fingerprint density at radius 1 is 1.31 bits per heavy atom. The molecule has 0 bridgehead atoms. The van der Waals surface area contributed by atoms with E-state index in [-0.39, 0.29) is 0 Å². The molecule has 16 heavy (non-hydrogen) atoms. The molecule has 0 unspecified atom stereocenters. The average Bonchev–Trinajstić information content (AvgIpc) is 2.78. The van der Waals surface area contributed by atoms with Gasteiger partial charge in [0, 0.05) is 22.9 Å². The fourth-order valence-corrected chi connectivity index (χ4v) is 1.88. The first-order valence-corrected chi connectivity index (χ1v) is 6.36. The average molecular weight is 234 g/mol. The number of aromatic nitrogens is 1. The molecule has 4 heteroatoms. The molecule has 0 aliphatic carbocycles. The van der Waals surface area contributed by atoms with Crippen molar-refractivity contribution in [3.8, 4) is 11.3 Å². The van der Waals surface area contributed by atoms with Gasteiger partial charge in [0.05, 0.1) is 5.69 Å². The SMILES string of the molecule is CSc1ccc(-c2cc(CCN)no2)cc1. The van der Waals surface area contributed by atoms with E-state index >= 15 is 0 Å². The summed E-state index contributed by atoms with van der Waals surface area (Å²) in [5.74, 6) is 0.802. The van der Waals surface area contributed by atoms with Crippen molar-refractivity contribution in [1.82, 2.24) is 5.16 Å². The van der Waals surface area contributed by atoms with Crippen molar-refractivity contribution < 1.29 is 4.52 Å². The van der Waals surface area contributed by atoms with Gasteiger partial charge in [-0.05, 0) is 24.9 Å². The fraction of sp³-hybridized carbons (Fsp3) is 0.250. The molecular weight excluding hydrogens is 220 g/mol. The molecule has 0 radical (unpaired) electrons. The van der Waals surface area contributed by atoms with Crippen LogP contribution in [-0.2, 0) is 6.42 Å². The van der Waals surface area contributed by atoms with Gasteiger partial charge in [0.15, 0.2) is 5.76 Å². The number of hydrogen-bond donors (Lipinski definition) is 1. The van der Waals surface area contributed by atoms with Crippen molar-refractivity contribution in [2.75, 3.05) is 12.8 Å². The van der Waals surface area contributed by atoms with Crippen molar-refractivity contribution in [3.05, 3.63) is 36.0 Å². The molecule has 0 saturated heterocycles. The predicted molar refractivity (Wildman–Crippen MR) is 66.5 cm³/mol. The molecule has 1 heterocycles. The summed E-state index contributed by atoms with van der Waals surface area (Å²) in [6.07, 6.45) is 2.81. The third kappa shape index (κ3) is 2.46. The molecule has 0 aliphatic heterocycles. The van der Waals surface area contributed by atoms with Crippen LogP contribution < -0.4 is 5.73 Å². The zero-order valence-corrected chi connectivity index (χ0v) is 9.96. The first kappa shape index (κ1) is 11.2. The van der Waals surface area contributed by atoms with Gasteiger partial charge in [0.25, 0.3) is 0 Å². The van der Waals surface area contributed by atoms with Gasteiger partial charge in [-0.3, -0.25) is 0 Å². The standard InChI is InChI=1S/C12H14N2OS/c1-16-11-4-2-9(3-5-11)12-8-10(6-7-13)14-15-12/h2-5,8H,6-7,13H2,1H3. The Morgan fingerprint density at radius 2 is 2.06 bits per heavy atom. The van der Waals surface area contributed by atoms with E-state index in [1.54, 1.807) is 11.8 Å². The van der Waals surface area contributed by atoms with Crippen molar-refractivity contribution in [2.45, 2.75) is 11.3 Å². The Balaban J connectivity index is 2.21. The summed E-state index contributed by atoms with van der Waals surface area (Å²) in [6.45, 7) is 0.595. The van der Waals surface area contributed by atoms with Crippen LogP contribution >= 0.6 is 11.8 Å². The van der Waals surface area contributed by atoms with Crippen LogP contribution in [0.3, 0.4) is 0 Å². The lowest BCUT2D eigenvalue weighted by Gasteiger charge is -1.97. The highest BCUT2D eigenvalue weighted by Crippen LogP contribution is 2.23. The summed E-state index contributed by atoms with van der Waals surface area (Å²) in [4.78, 5) is 1.24. The topological polar surface area (TPSA) is 52.0 Å². The van der Waals surface area contributed by atoms with Gasteiger partial charge >= 0.3 is 0 Å². The Morgan fingerprint density at radius 3 is 2.69 bits per heavy atom. The van der Waals surface area contributed by atoms with E-state index in [4.69, 9.17) is 10.3 Å². The van der Waals surface area contributed by atoms with Crippen LogP contribution in [0.15, 0.2) is 39.8 Å². The Bertz CT molecular complexity index is 450. The number of rotatable bonds is 4. The van der Waals surface area contributed by atoms with Gasteiger partial charge < -0.3 is 10.3 Å². The molecule has 0 fully saturated rings. The fourth-order valence-electron chi connectivity index (χ4n) is 1.47. The third-order valence-corrected chi connectivity index (χ3v) is 3.08. The minimum absolute atomic E-state index is 0.595. The molecule has 1 aromatic heterocycles. The molecule has 0 amide bonds. The summed E-state index contributed by atoms with van der Waals surface area (Å²) in [5, 5.41) is 3.96. The van der Waals surface area contributed by atoms with Crippen LogP contribution in [0.1, 0.15) is 5.69 Å². The van der Waals surface area contributed by atoms with Gasteiger partial charge in [0.1, 0.15) is 0 Å². The Kier molecular flexibility index (Phi) is 3.64. The zero-order valence-electron chi connectivity index (χ0n) is 9.14. The maximum atomic E-state index is 5.46. The largest absolute Gasteiger partial charge is 0.356 e. The second kappa shape index (κ2) is 5.18. The maximum Gasteiger partial charge on any atom is 0.167 e. The minimum Gasteiger partial charge on any atom is -0.356 e. The van der Waals surface area contributed by atoms with Gasteiger partial charge in [-0.15, -0.1) is 11.8 Å². The van der Waals surface area contributed by atoms with Crippen molar-refractivity contribution in [1.29, 1.82) is 0 Å². The van der Waals surface area contributed by atoms with Crippen LogP contribution in [0.4, 0.5) is 0 Å². The molecule has 3 nitrogen and oxygen atoms in total. The number of benzene rings is 1. The van der Waals surface area contributed by atoms with Gasteiger partial charge in [-0.1, -0.05) is 17.3 Å². The molecule has 2 aromatic rings. The van der Waals surface area contributed by atoms with Crippen LogP contribution in [0, 0.1) is 0 Å². The summed E-state index contributed by atoms with van der Waals surface area (Å²) in [7, 11) is 0. The molecule has 0 spiro atoms. The first-order chi connectivity index (χ1) is 7.83. The number of nitrogens with two attached hydrogens (primary N) is 1. The highest BCUT2D eigenvalue weighted by molar-refractivity contribution is 7.98. The van der Waals surface area contributed by atoms with Gasteiger partial charge in [-0.2, -0.15) is 0 Å². The zero-order chi connectivity index (χ0) is 11.4. The highest BCUT2D eigenvalue weighted by atomic mass is 32.2. The van der Waals surface area contributed by atoms with Crippen LogP contribution in [-0.4, -0.2) is 18.0 Å². The smallest absolute Gasteiger partial charge is 0.167 e. The molecular formula is C12H14N2OS. The predicted octanol–water partition coefficient (Wildman–Crippen LogP) is 2.56. The maximum absolute atomic E-state index is 5.46. The van der Waals surface area contributed by atoms with E-state index in [0.717, 1.165) is 23.4 Å². The monoisotopic (exact) mass is 234 g/mol. The molecule has 2 N–H and O–H groups in total. The highest BCUT2D eigenvalue weighted by Gasteiger charge is 2.05. The van der Waals surface area contributed by atoms with E-state index in [2.05, 4.69) is 23.5 Å². The number of nitrogens with zero attached hydrogens (tertiary/aromatic N) is 1. The van der Waals surface area contributed by atoms with Crippen LogP contribution in [0.25, 0.3) is 11.3 Å². The summed E-state index contributed by atoms with van der Waals surface area (Å²) in [6, 6.07) is 10.2. The number of thioether (sulfide) groups is 1. The first-order valence-electron chi connectivity index (χ1n) is 5.13. The van der Waals surface area contributed by atoms with Crippen molar-refractivity contribution in [3.63, 3.8) is 0 Å². The lowest BCUT2D eigenvalue weighted by molar-refractivity contribution is 0.423. The minimum atomic E-state index is 0.595. The lowest BCUT2D eigenvalue weighted by Crippen LogP contribution is -2.02. The lowest BCUT2D eigenvalue weighted by atomic mass is 10.1. The second-order valence-corrected chi connectivity index (χ2v) is 4.33. The van der Waals surface area contributed by atoms with E-state index in [9.17, 15) is 0 Å². The summed E-state index contributed by atoms with van der Waals surface area (Å²) >= 11 is 1.72. The normalized spacial score (nSPS) is 10.6. The molecule has 84 valence electrons. The van der Waals surface area contributed by atoms with Gasteiger partial charge in [0.2, 0.25) is 0 Å². The van der Waals surface area contributed by atoms with E-state index in [1.807, 2.05) is 18.2 Å². The quantitative estimate of drug-likeness (QED) is 0.826. The molecule has 2 rings (SSSR count). The molecule has 0 atom stereocenters. The van der Waals surface area contributed by atoms with Crippen molar-refractivity contribution >= 4 is 11.8 Å². The Labute approximate surface area is 99.0 Å². The molecule has 0 aliphatic rings. The number of hydrogen-bond acceptors (Lipinski definition) is 4. The van der Waals surface area contributed by atoms with E-state index < -0.39 is 0 Å². The van der Waals surface area contributed by atoms with Gasteiger partial charge in [-0.25, -0.2) is 0 Å². The van der Waals surface area contributed by atoms with Crippen LogP contribution in [0.5, 0.6) is 0 Å². The Hall–Kier alpha value is -1.26. The van der Waals surface area contributed by atoms with E-state index in [0.29, 0.717) is 6.54 Å². The second-order valence-electron chi connectivity index (χ2n) is 3.45. The summed E-state index contributed by atoms with van der Waals surface area (Å²) in [5.41, 5.74) is 7.42. The molecule has 1 aromatic carbocycles. The van der Waals surface area contributed by atoms with Crippen molar-refractivity contribution in [2.24, 2.45) is 5.73 Å². The molecule has 0 saturated carbocycles. The van der Waals surface area contributed by atoms with E-state index in [1.165, 1.54) is 4.90 Å². The van der Waals surface area contributed by atoms with Crippen LogP contribution in [0.2, 0.25) is 0 Å². The third-order valence-electron chi connectivity index (χ3n) is 2.33. The summed E-state index contributed by atoms with van der Waals surface area (Å²) < 4.78 is 5.26.